The summed E-state index contributed by atoms with van der Waals surface area (Å²) in [5.74, 6) is 4.48. The Hall–Kier alpha value is -1.71. The molecular formula is C25H30ClNO2. The molecule has 2 aromatic rings. The fourth-order valence-electron chi connectivity index (χ4n) is 6.37. The van der Waals surface area contributed by atoms with Gasteiger partial charge >= 0.3 is 0 Å². The largest absolute Gasteiger partial charge is 0.493 e. The van der Waals surface area contributed by atoms with Crippen LogP contribution in [-0.2, 0) is 13.2 Å². The molecule has 0 radical (unpaired) electrons. The molecule has 0 amide bonds. The molecular weight excluding hydrogens is 382 g/mol. The van der Waals surface area contributed by atoms with Gasteiger partial charge in [-0.05, 0) is 80.0 Å². The first-order valence-electron chi connectivity index (χ1n) is 10.9. The van der Waals surface area contributed by atoms with E-state index in [0.29, 0.717) is 12.1 Å². The minimum Gasteiger partial charge on any atom is -0.493 e. The summed E-state index contributed by atoms with van der Waals surface area (Å²) in [5.41, 5.74) is 2.61. The summed E-state index contributed by atoms with van der Waals surface area (Å²) < 4.78 is 11.9. The summed E-state index contributed by atoms with van der Waals surface area (Å²) in [6, 6.07) is 14.0. The number of hydrogen-bond acceptors (Lipinski definition) is 3. The van der Waals surface area contributed by atoms with Crippen molar-refractivity contribution in [1.29, 1.82) is 0 Å². The van der Waals surface area contributed by atoms with E-state index >= 15 is 0 Å². The summed E-state index contributed by atoms with van der Waals surface area (Å²) >= 11 is 6.00. The normalized spacial score (nSPS) is 29.8. The van der Waals surface area contributed by atoms with Gasteiger partial charge in [0.1, 0.15) is 6.61 Å². The number of halogens is 1. The summed E-state index contributed by atoms with van der Waals surface area (Å²) in [6.45, 7) is 1.33. The molecule has 4 saturated carbocycles. The van der Waals surface area contributed by atoms with Gasteiger partial charge in [-0.25, -0.2) is 0 Å². The van der Waals surface area contributed by atoms with Crippen molar-refractivity contribution < 1.29 is 9.47 Å². The fraction of sp³-hybridized carbons (Fsp3) is 0.520. The van der Waals surface area contributed by atoms with E-state index in [4.69, 9.17) is 21.1 Å². The van der Waals surface area contributed by atoms with Crippen molar-refractivity contribution in [1.82, 2.24) is 5.32 Å². The molecule has 4 heteroatoms. The van der Waals surface area contributed by atoms with Crippen molar-refractivity contribution in [2.45, 2.75) is 57.2 Å². The van der Waals surface area contributed by atoms with Crippen LogP contribution in [0.4, 0.5) is 0 Å². The Bertz CT molecular complexity index is 828. The second kappa shape index (κ2) is 7.85. The molecule has 4 fully saturated rings. The van der Waals surface area contributed by atoms with Crippen LogP contribution >= 0.6 is 11.6 Å². The van der Waals surface area contributed by atoms with Gasteiger partial charge in [-0.1, -0.05) is 35.9 Å². The van der Waals surface area contributed by atoms with Gasteiger partial charge in [0.15, 0.2) is 11.5 Å². The van der Waals surface area contributed by atoms with Crippen LogP contribution in [-0.4, -0.2) is 12.6 Å². The van der Waals surface area contributed by atoms with Gasteiger partial charge in [0, 0.05) is 22.7 Å². The van der Waals surface area contributed by atoms with Crippen LogP contribution in [0.1, 0.15) is 49.7 Å². The van der Waals surface area contributed by atoms with Crippen molar-refractivity contribution in [3.05, 3.63) is 58.6 Å². The second-order valence-electron chi connectivity index (χ2n) is 9.42. The molecule has 3 nitrogen and oxygen atoms in total. The highest BCUT2D eigenvalue weighted by Crippen LogP contribution is 2.55. The Morgan fingerprint density at radius 2 is 1.62 bits per heavy atom. The van der Waals surface area contributed by atoms with Gasteiger partial charge in [-0.15, -0.1) is 0 Å². The second-order valence-corrected chi connectivity index (χ2v) is 9.85. The predicted octanol–water partition coefficient (Wildman–Crippen LogP) is 5.99. The molecule has 0 unspecified atom stereocenters. The summed E-state index contributed by atoms with van der Waals surface area (Å²) in [7, 11) is 1.71. The van der Waals surface area contributed by atoms with Crippen LogP contribution < -0.4 is 14.8 Å². The van der Waals surface area contributed by atoms with Crippen molar-refractivity contribution >= 4 is 11.6 Å². The van der Waals surface area contributed by atoms with Crippen molar-refractivity contribution in [3.8, 4) is 11.5 Å². The number of nitrogens with one attached hydrogen (secondary N) is 1. The van der Waals surface area contributed by atoms with E-state index in [-0.39, 0.29) is 0 Å². The average Bonchev–Trinajstić information content (AvgIpc) is 2.71. The van der Waals surface area contributed by atoms with Gasteiger partial charge in [-0.3, -0.25) is 0 Å². The van der Waals surface area contributed by atoms with E-state index in [1.54, 1.807) is 7.11 Å². The molecule has 29 heavy (non-hydrogen) atoms. The van der Waals surface area contributed by atoms with Crippen LogP contribution in [0.3, 0.4) is 0 Å². The molecule has 4 bridgehead atoms. The molecule has 6 rings (SSSR count). The molecule has 0 saturated heterocycles. The number of ether oxygens (including phenoxy) is 2. The maximum atomic E-state index is 6.25. The van der Waals surface area contributed by atoms with E-state index in [9.17, 15) is 0 Å². The zero-order chi connectivity index (χ0) is 19.8. The van der Waals surface area contributed by atoms with Crippen LogP contribution in [0.15, 0.2) is 42.5 Å². The van der Waals surface area contributed by atoms with E-state index in [0.717, 1.165) is 46.4 Å². The quantitative estimate of drug-likeness (QED) is 0.607. The maximum Gasteiger partial charge on any atom is 0.166 e. The zero-order valence-electron chi connectivity index (χ0n) is 17.1. The highest BCUT2D eigenvalue weighted by Gasteiger charge is 2.50. The smallest absolute Gasteiger partial charge is 0.166 e. The topological polar surface area (TPSA) is 30.5 Å². The molecule has 1 N–H and O–H groups in total. The Morgan fingerprint density at radius 3 is 2.24 bits per heavy atom. The molecule has 4 aliphatic carbocycles. The third-order valence-corrected chi connectivity index (χ3v) is 7.52. The number of hydrogen-bond donors (Lipinski definition) is 1. The fourth-order valence-corrected chi connectivity index (χ4v) is 6.50. The lowest BCUT2D eigenvalue weighted by molar-refractivity contribution is -0.0206. The van der Waals surface area contributed by atoms with Gasteiger partial charge < -0.3 is 14.8 Å². The zero-order valence-corrected chi connectivity index (χ0v) is 17.9. The summed E-state index contributed by atoms with van der Waals surface area (Å²) in [5, 5.41) is 4.73. The van der Waals surface area contributed by atoms with Gasteiger partial charge in [0.25, 0.3) is 0 Å². The number of para-hydroxylation sites is 1. The van der Waals surface area contributed by atoms with E-state index in [1.807, 2.05) is 30.3 Å². The van der Waals surface area contributed by atoms with Crippen molar-refractivity contribution in [2.75, 3.05) is 7.11 Å². The number of methoxy groups -OCH3 is 1. The monoisotopic (exact) mass is 411 g/mol. The van der Waals surface area contributed by atoms with Gasteiger partial charge in [0.2, 0.25) is 0 Å². The van der Waals surface area contributed by atoms with E-state index < -0.39 is 0 Å². The molecule has 4 aliphatic rings. The van der Waals surface area contributed by atoms with Gasteiger partial charge in [0.05, 0.1) is 7.11 Å². The first kappa shape index (κ1) is 19.3. The maximum absolute atomic E-state index is 6.25. The molecule has 0 aliphatic heterocycles. The Labute approximate surface area is 178 Å². The number of benzene rings is 2. The Morgan fingerprint density at radius 1 is 0.966 bits per heavy atom. The predicted molar refractivity (Wildman–Crippen MR) is 117 cm³/mol. The molecule has 0 heterocycles. The highest BCUT2D eigenvalue weighted by molar-refractivity contribution is 6.30. The standard InChI is InChI=1S/C25H30ClNO2/c1-28-23-4-2-3-21(24(23)29-16-17-5-7-22(26)8-6-17)15-27-25-12-18-9-19(13-25)11-20(10-18)14-25/h2-8,18-20,27H,9-16H2,1H3. The van der Waals surface area contributed by atoms with Crippen LogP contribution in [0.25, 0.3) is 0 Å². The SMILES string of the molecule is COc1cccc(CNC23CC4CC(CC(C4)C2)C3)c1OCc1ccc(Cl)cc1. The Balaban J connectivity index is 1.31. The third kappa shape index (κ3) is 4.00. The van der Waals surface area contributed by atoms with E-state index in [1.165, 1.54) is 44.1 Å². The third-order valence-electron chi connectivity index (χ3n) is 7.27. The van der Waals surface area contributed by atoms with Crippen LogP contribution in [0.2, 0.25) is 5.02 Å². The lowest BCUT2D eigenvalue weighted by Crippen LogP contribution is -2.58. The number of rotatable bonds is 7. The Kier molecular flexibility index (Phi) is 5.21. The molecule has 0 atom stereocenters. The van der Waals surface area contributed by atoms with Crippen LogP contribution in [0.5, 0.6) is 11.5 Å². The lowest BCUT2D eigenvalue weighted by Gasteiger charge is -2.57. The van der Waals surface area contributed by atoms with E-state index in [2.05, 4.69) is 17.4 Å². The summed E-state index contributed by atoms with van der Waals surface area (Å²) in [4.78, 5) is 0. The summed E-state index contributed by atoms with van der Waals surface area (Å²) in [6.07, 6.45) is 8.46. The first-order chi connectivity index (χ1) is 14.1. The minimum atomic E-state index is 0.339. The molecule has 0 aromatic heterocycles. The van der Waals surface area contributed by atoms with Crippen molar-refractivity contribution in [3.63, 3.8) is 0 Å². The van der Waals surface area contributed by atoms with Crippen molar-refractivity contribution in [2.24, 2.45) is 17.8 Å². The first-order valence-corrected chi connectivity index (χ1v) is 11.3. The molecule has 2 aromatic carbocycles. The minimum absolute atomic E-state index is 0.339. The lowest BCUT2D eigenvalue weighted by atomic mass is 9.53. The average molecular weight is 412 g/mol. The van der Waals surface area contributed by atoms with Crippen LogP contribution in [0, 0.1) is 17.8 Å². The molecule has 0 spiro atoms. The van der Waals surface area contributed by atoms with Gasteiger partial charge in [-0.2, -0.15) is 0 Å². The molecule has 154 valence electrons. The highest BCUT2D eigenvalue weighted by atomic mass is 35.5.